The van der Waals surface area contributed by atoms with E-state index in [4.69, 9.17) is 4.74 Å². The molecular weight excluding hydrogens is 206 g/mol. The van der Waals surface area contributed by atoms with Crippen molar-refractivity contribution < 1.29 is 23.0 Å². The van der Waals surface area contributed by atoms with Crippen molar-refractivity contribution in [1.29, 1.82) is 0 Å². The maximum Gasteiger partial charge on any atom is 0.387 e. The van der Waals surface area contributed by atoms with Gasteiger partial charge in [-0.3, -0.25) is 4.79 Å². The van der Waals surface area contributed by atoms with E-state index in [-0.39, 0.29) is 11.5 Å². The average Bonchev–Trinajstić information content (AvgIpc) is 2.20. The Bertz CT molecular complexity index is 364. The molecule has 1 rings (SSSR count). The zero-order chi connectivity index (χ0) is 11.4. The van der Waals surface area contributed by atoms with Crippen LogP contribution in [0.5, 0.6) is 11.5 Å². The fourth-order valence-corrected chi connectivity index (χ4v) is 1.28. The number of halogens is 2. The van der Waals surface area contributed by atoms with E-state index in [1.54, 1.807) is 6.92 Å². The second-order valence-corrected chi connectivity index (χ2v) is 2.81. The normalized spacial score (nSPS) is 10.2. The molecule has 0 amide bonds. The van der Waals surface area contributed by atoms with E-state index in [1.165, 1.54) is 19.2 Å². The molecule has 0 saturated heterocycles. The van der Waals surface area contributed by atoms with E-state index in [9.17, 15) is 13.6 Å². The van der Waals surface area contributed by atoms with Crippen molar-refractivity contribution in [2.45, 2.75) is 13.5 Å². The molecule has 0 fully saturated rings. The summed E-state index contributed by atoms with van der Waals surface area (Å²) in [6, 6.07) is 2.68. The fourth-order valence-electron chi connectivity index (χ4n) is 1.28. The van der Waals surface area contributed by atoms with E-state index in [1.807, 2.05) is 0 Å². The zero-order valence-electron chi connectivity index (χ0n) is 8.29. The van der Waals surface area contributed by atoms with Crippen molar-refractivity contribution in [3.05, 3.63) is 23.3 Å². The summed E-state index contributed by atoms with van der Waals surface area (Å²) in [6.07, 6.45) is 0.595. The van der Waals surface area contributed by atoms with Crippen LogP contribution in [0.25, 0.3) is 0 Å². The first-order valence-electron chi connectivity index (χ1n) is 4.17. The molecule has 0 aliphatic rings. The lowest BCUT2D eigenvalue weighted by atomic mass is 10.1. The van der Waals surface area contributed by atoms with E-state index >= 15 is 0 Å². The van der Waals surface area contributed by atoms with Gasteiger partial charge in [0, 0.05) is 5.56 Å². The molecule has 0 heterocycles. The number of alkyl halides is 2. The van der Waals surface area contributed by atoms with E-state index in [0.29, 0.717) is 17.4 Å². The molecule has 82 valence electrons. The van der Waals surface area contributed by atoms with Crippen LogP contribution in [0.2, 0.25) is 0 Å². The molecule has 0 aromatic heterocycles. The number of benzene rings is 1. The lowest BCUT2D eigenvalue weighted by Gasteiger charge is -2.12. The van der Waals surface area contributed by atoms with Crippen LogP contribution in [0.3, 0.4) is 0 Å². The number of rotatable bonds is 4. The third-order valence-electron chi connectivity index (χ3n) is 1.93. The van der Waals surface area contributed by atoms with Crippen molar-refractivity contribution in [2.24, 2.45) is 0 Å². The highest BCUT2D eigenvalue weighted by Gasteiger charge is 2.13. The van der Waals surface area contributed by atoms with Crippen LogP contribution in [0.4, 0.5) is 8.78 Å². The number of hydrogen-bond acceptors (Lipinski definition) is 3. The first kappa shape index (κ1) is 11.4. The standard InChI is InChI=1S/C10H10F2O3/c1-6-8(15-10(11)12)4-3-7(5-13)9(6)14-2/h3-5,10H,1-2H3. The molecule has 0 spiro atoms. The van der Waals surface area contributed by atoms with Crippen molar-refractivity contribution in [3.8, 4) is 11.5 Å². The predicted molar refractivity (Wildman–Crippen MR) is 49.8 cm³/mol. The average molecular weight is 216 g/mol. The van der Waals surface area contributed by atoms with Crippen LogP contribution in [0.1, 0.15) is 15.9 Å². The fraction of sp³-hybridized carbons (Fsp3) is 0.300. The first-order chi connectivity index (χ1) is 7.10. The Balaban J connectivity index is 3.16. The number of carbonyl (C=O) groups excluding carboxylic acids is 1. The Labute approximate surface area is 85.6 Å². The van der Waals surface area contributed by atoms with Gasteiger partial charge in [0.25, 0.3) is 0 Å². The number of ether oxygens (including phenoxy) is 2. The summed E-state index contributed by atoms with van der Waals surface area (Å²) < 4.78 is 33.2. The van der Waals surface area contributed by atoms with Gasteiger partial charge in [-0.2, -0.15) is 8.78 Å². The van der Waals surface area contributed by atoms with E-state index in [2.05, 4.69) is 4.74 Å². The van der Waals surface area contributed by atoms with E-state index in [0.717, 1.165) is 0 Å². The van der Waals surface area contributed by atoms with Crippen LogP contribution in [-0.4, -0.2) is 20.0 Å². The first-order valence-corrected chi connectivity index (χ1v) is 4.17. The van der Waals surface area contributed by atoms with Crippen LogP contribution in [0.15, 0.2) is 12.1 Å². The van der Waals surface area contributed by atoms with Crippen molar-refractivity contribution in [2.75, 3.05) is 7.11 Å². The third kappa shape index (κ3) is 2.43. The summed E-state index contributed by atoms with van der Waals surface area (Å²) >= 11 is 0. The maximum absolute atomic E-state index is 12.0. The number of aldehydes is 1. The van der Waals surface area contributed by atoms with Gasteiger partial charge >= 0.3 is 6.61 Å². The molecular formula is C10H10F2O3. The quantitative estimate of drug-likeness (QED) is 0.725. The number of hydrogen-bond donors (Lipinski definition) is 0. The van der Waals surface area contributed by atoms with Gasteiger partial charge in [0.05, 0.1) is 12.7 Å². The minimum absolute atomic E-state index is 0.00690. The highest BCUT2D eigenvalue weighted by Crippen LogP contribution is 2.31. The number of carbonyl (C=O) groups is 1. The largest absolute Gasteiger partial charge is 0.496 e. The van der Waals surface area contributed by atoms with Crippen LogP contribution < -0.4 is 9.47 Å². The van der Waals surface area contributed by atoms with Gasteiger partial charge in [0.1, 0.15) is 11.5 Å². The molecule has 0 aliphatic carbocycles. The summed E-state index contributed by atoms with van der Waals surface area (Å²) in [6.45, 7) is -1.35. The Morgan fingerprint density at radius 2 is 2.07 bits per heavy atom. The molecule has 0 N–H and O–H groups in total. The highest BCUT2D eigenvalue weighted by molar-refractivity contribution is 5.81. The van der Waals surface area contributed by atoms with Crippen molar-refractivity contribution in [3.63, 3.8) is 0 Å². The molecule has 5 heteroatoms. The van der Waals surface area contributed by atoms with Gasteiger partial charge in [0.15, 0.2) is 6.29 Å². The molecule has 0 bridgehead atoms. The van der Waals surface area contributed by atoms with Gasteiger partial charge < -0.3 is 9.47 Å². The third-order valence-corrected chi connectivity index (χ3v) is 1.93. The molecule has 0 atom stereocenters. The highest BCUT2D eigenvalue weighted by atomic mass is 19.3. The van der Waals surface area contributed by atoms with Gasteiger partial charge in [-0.05, 0) is 19.1 Å². The topological polar surface area (TPSA) is 35.5 Å². The lowest BCUT2D eigenvalue weighted by molar-refractivity contribution is -0.0503. The minimum Gasteiger partial charge on any atom is -0.496 e. The van der Waals surface area contributed by atoms with Crippen molar-refractivity contribution >= 4 is 6.29 Å². The van der Waals surface area contributed by atoms with Crippen LogP contribution in [0, 0.1) is 6.92 Å². The predicted octanol–water partition coefficient (Wildman–Crippen LogP) is 2.42. The molecule has 0 aliphatic heterocycles. The molecule has 0 unspecified atom stereocenters. The smallest absolute Gasteiger partial charge is 0.387 e. The molecule has 0 saturated carbocycles. The van der Waals surface area contributed by atoms with E-state index < -0.39 is 6.61 Å². The summed E-state index contributed by atoms with van der Waals surface area (Å²) in [5.41, 5.74) is 0.680. The maximum atomic E-state index is 12.0. The van der Waals surface area contributed by atoms with Gasteiger partial charge in [-0.1, -0.05) is 0 Å². The summed E-state index contributed by atoms with van der Waals surface area (Å²) in [5, 5.41) is 0. The zero-order valence-corrected chi connectivity index (χ0v) is 8.29. The molecule has 0 radical (unpaired) electrons. The molecule has 15 heavy (non-hydrogen) atoms. The Morgan fingerprint density at radius 1 is 1.40 bits per heavy atom. The molecule has 3 nitrogen and oxygen atoms in total. The van der Waals surface area contributed by atoms with Crippen LogP contribution in [-0.2, 0) is 0 Å². The molecule has 1 aromatic rings. The van der Waals surface area contributed by atoms with Crippen LogP contribution >= 0.6 is 0 Å². The van der Waals surface area contributed by atoms with Crippen molar-refractivity contribution in [1.82, 2.24) is 0 Å². The summed E-state index contributed by atoms with van der Waals surface area (Å²) in [5.74, 6) is 0.260. The summed E-state index contributed by atoms with van der Waals surface area (Å²) in [4.78, 5) is 10.6. The van der Waals surface area contributed by atoms with Gasteiger partial charge in [-0.25, -0.2) is 0 Å². The Hall–Kier alpha value is -1.65. The van der Waals surface area contributed by atoms with Gasteiger partial charge in [-0.15, -0.1) is 0 Å². The Kier molecular flexibility index (Phi) is 3.60. The number of methoxy groups -OCH3 is 1. The summed E-state index contributed by atoms with van der Waals surface area (Å²) in [7, 11) is 1.36. The second-order valence-electron chi connectivity index (χ2n) is 2.81. The Morgan fingerprint density at radius 3 is 2.53 bits per heavy atom. The SMILES string of the molecule is COc1c(C=O)ccc(OC(F)F)c1C. The second kappa shape index (κ2) is 4.72. The minimum atomic E-state index is -2.89. The lowest BCUT2D eigenvalue weighted by Crippen LogP contribution is -2.05. The molecule has 1 aromatic carbocycles. The van der Waals surface area contributed by atoms with Gasteiger partial charge in [0.2, 0.25) is 0 Å². The monoisotopic (exact) mass is 216 g/mol.